The van der Waals surface area contributed by atoms with Gasteiger partial charge in [0.15, 0.2) is 11.6 Å². The maximum Gasteiger partial charge on any atom is 0.337 e. The van der Waals surface area contributed by atoms with Crippen molar-refractivity contribution < 1.29 is 18.3 Å². The molecule has 0 spiro atoms. The summed E-state index contributed by atoms with van der Waals surface area (Å²) in [5.74, 6) is -1.30. The number of nitrogens with zero attached hydrogens (tertiary/aromatic N) is 2. The maximum atomic E-state index is 12.9. The zero-order valence-corrected chi connectivity index (χ0v) is 18.4. The topological polar surface area (TPSA) is 121 Å². The van der Waals surface area contributed by atoms with E-state index in [4.69, 9.17) is 23.2 Å². The number of sulfonamides is 1. The maximum absolute atomic E-state index is 12.9. The second-order valence-corrected chi connectivity index (χ2v) is 9.14. The first-order chi connectivity index (χ1) is 15.2. The summed E-state index contributed by atoms with van der Waals surface area (Å²) in [6.07, 6.45) is 0. The van der Waals surface area contributed by atoms with E-state index in [2.05, 4.69) is 20.0 Å². The number of aromatic nitrogens is 2. The SMILES string of the molecule is O=C(O)c1ccc(Cl)cc1Nc1nc2ccccc2nc1NS(=O)(=O)c1ccc(Cl)cc1. The predicted octanol–water partition coefficient (Wildman–Crippen LogP) is 5.18. The fourth-order valence-corrected chi connectivity index (χ4v) is 4.20. The van der Waals surface area contributed by atoms with Gasteiger partial charge < -0.3 is 10.4 Å². The van der Waals surface area contributed by atoms with Crippen LogP contribution in [0.15, 0.2) is 71.6 Å². The number of fused-ring (bicyclic) bond motifs is 1. The van der Waals surface area contributed by atoms with Crippen LogP contribution in [0.3, 0.4) is 0 Å². The molecule has 3 aromatic carbocycles. The molecule has 3 N–H and O–H groups in total. The number of aromatic carboxylic acids is 1. The summed E-state index contributed by atoms with van der Waals surface area (Å²) < 4.78 is 28.2. The molecule has 0 bridgehead atoms. The largest absolute Gasteiger partial charge is 0.478 e. The van der Waals surface area contributed by atoms with E-state index in [-0.39, 0.29) is 32.8 Å². The molecule has 162 valence electrons. The van der Waals surface area contributed by atoms with Crippen LogP contribution in [-0.2, 0) is 10.0 Å². The molecule has 1 aromatic heterocycles. The molecule has 0 aliphatic carbocycles. The van der Waals surface area contributed by atoms with Gasteiger partial charge in [-0.3, -0.25) is 4.72 Å². The highest BCUT2D eigenvalue weighted by molar-refractivity contribution is 7.92. The summed E-state index contributed by atoms with van der Waals surface area (Å²) >= 11 is 11.9. The minimum absolute atomic E-state index is 0.00556. The molecule has 32 heavy (non-hydrogen) atoms. The lowest BCUT2D eigenvalue weighted by molar-refractivity contribution is 0.0698. The number of hydrogen-bond acceptors (Lipinski definition) is 6. The van der Waals surface area contributed by atoms with Crippen LogP contribution < -0.4 is 10.0 Å². The number of anilines is 3. The molecule has 0 atom stereocenters. The van der Waals surface area contributed by atoms with Gasteiger partial charge in [0.2, 0.25) is 0 Å². The molecule has 0 amide bonds. The Morgan fingerprint density at radius 1 is 0.844 bits per heavy atom. The first kappa shape index (κ1) is 21.8. The lowest BCUT2D eigenvalue weighted by Gasteiger charge is -2.15. The summed E-state index contributed by atoms with van der Waals surface area (Å²) in [5, 5.41) is 13.0. The van der Waals surface area contributed by atoms with Crippen molar-refractivity contribution in [3.8, 4) is 0 Å². The Morgan fingerprint density at radius 2 is 1.44 bits per heavy atom. The number of nitrogens with one attached hydrogen (secondary N) is 2. The third-order valence-electron chi connectivity index (χ3n) is 4.39. The second kappa shape index (κ2) is 8.62. The molecule has 11 heteroatoms. The van der Waals surface area contributed by atoms with E-state index in [0.29, 0.717) is 16.1 Å². The standard InChI is InChI=1S/C21H14Cl2N4O4S/c22-12-5-8-14(9-6-12)32(30,31)27-20-19(24-16-3-1-2-4-17(16)25-20)26-18-11-13(23)7-10-15(18)21(28)29/h1-11H,(H,24,26)(H,25,27)(H,28,29). The molecule has 0 saturated heterocycles. The van der Waals surface area contributed by atoms with Crippen LogP contribution in [0.5, 0.6) is 0 Å². The van der Waals surface area contributed by atoms with Crippen LogP contribution >= 0.6 is 23.2 Å². The van der Waals surface area contributed by atoms with Crippen molar-refractivity contribution >= 4 is 67.6 Å². The van der Waals surface area contributed by atoms with Crippen molar-refractivity contribution in [3.63, 3.8) is 0 Å². The summed E-state index contributed by atoms with van der Waals surface area (Å²) in [5.41, 5.74) is 0.970. The van der Waals surface area contributed by atoms with E-state index in [9.17, 15) is 18.3 Å². The van der Waals surface area contributed by atoms with Gasteiger partial charge in [-0.25, -0.2) is 23.2 Å². The van der Waals surface area contributed by atoms with Crippen LogP contribution in [0.25, 0.3) is 11.0 Å². The van der Waals surface area contributed by atoms with Gasteiger partial charge in [0, 0.05) is 10.0 Å². The first-order valence-electron chi connectivity index (χ1n) is 9.08. The van der Waals surface area contributed by atoms with Crippen LogP contribution in [-0.4, -0.2) is 29.5 Å². The third-order valence-corrected chi connectivity index (χ3v) is 6.23. The van der Waals surface area contributed by atoms with Gasteiger partial charge in [-0.2, -0.15) is 0 Å². The van der Waals surface area contributed by atoms with E-state index in [1.54, 1.807) is 24.3 Å². The number of carboxylic acid groups (broad SMARTS) is 1. The number of hydrogen-bond donors (Lipinski definition) is 3. The van der Waals surface area contributed by atoms with Crippen LogP contribution in [0.1, 0.15) is 10.4 Å². The zero-order chi connectivity index (χ0) is 22.9. The highest BCUT2D eigenvalue weighted by Crippen LogP contribution is 2.30. The molecular formula is C21H14Cl2N4O4S. The molecule has 0 aliphatic rings. The molecule has 0 aliphatic heterocycles. The van der Waals surface area contributed by atoms with E-state index in [1.807, 2.05) is 0 Å². The number of carbonyl (C=O) groups is 1. The van der Waals surface area contributed by atoms with E-state index < -0.39 is 16.0 Å². The molecule has 1 heterocycles. The molecule has 0 radical (unpaired) electrons. The average Bonchev–Trinajstić information content (AvgIpc) is 2.74. The Balaban J connectivity index is 1.82. The second-order valence-electron chi connectivity index (χ2n) is 6.59. The fraction of sp³-hybridized carbons (Fsp3) is 0. The van der Waals surface area contributed by atoms with Gasteiger partial charge in [0.1, 0.15) is 0 Å². The number of carboxylic acids is 1. The first-order valence-corrected chi connectivity index (χ1v) is 11.3. The summed E-state index contributed by atoms with van der Waals surface area (Å²) in [6.45, 7) is 0. The highest BCUT2D eigenvalue weighted by Gasteiger charge is 2.20. The molecule has 0 fully saturated rings. The number of halogens is 2. The van der Waals surface area contributed by atoms with Crippen molar-refractivity contribution in [1.29, 1.82) is 0 Å². The van der Waals surface area contributed by atoms with E-state index in [1.165, 1.54) is 42.5 Å². The van der Waals surface area contributed by atoms with Gasteiger partial charge >= 0.3 is 5.97 Å². The van der Waals surface area contributed by atoms with Crippen molar-refractivity contribution in [2.45, 2.75) is 4.90 Å². The predicted molar refractivity (Wildman–Crippen MR) is 123 cm³/mol. The number of benzene rings is 3. The minimum Gasteiger partial charge on any atom is -0.478 e. The van der Waals surface area contributed by atoms with E-state index in [0.717, 1.165) is 0 Å². The number of para-hydroxylation sites is 2. The highest BCUT2D eigenvalue weighted by atomic mass is 35.5. The van der Waals surface area contributed by atoms with Gasteiger partial charge in [-0.05, 0) is 54.6 Å². The summed E-state index contributed by atoms with van der Waals surface area (Å²) in [7, 11) is -4.04. The average molecular weight is 489 g/mol. The molecular weight excluding hydrogens is 475 g/mol. The molecule has 4 aromatic rings. The molecule has 4 rings (SSSR count). The van der Waals surface area contributed by atoms with Gasteiger partial charge in [-0.1, -0.05) is 35.3 Å². The zero-order valence-electron chi connectivity index (χ0n) is 16.1. The van der Waals surface area contributed by atoms with Gasteiger partial charge in [0.25, 0.3) is 10.0 Å². The fourth-order valence-electron chi connectivity index (χ4n) is 2.89. The van der Waals surface area contributed by atoms with Crippen molar-refractivity contribution in [2.24, 2.45) is 0 Å². The van der Waals surface area contributed by atoms with E-state index >= 15 is 0 Å². The van der Waals surface area contributed by atoms with Crippen molar-refractivity contribution in [3.05, 3.63) is 82.3 Å². The van der Waals surface area contributed by atoms with Crippen molar-refractivity contribution in [2.75, 3.05) is 10.0 Å². The Labute approximate surface area is 192 Å². The molecule has 8 nitrogen and oxygen atoms in total. The smallest absolute Gasteiger partial charge is 0.337 e. The van der Waals surface area contributed by atoms with Crippen molar-refractivity contribution in [1.82, 2.24) is 9.97 Å². The lowest BCUT2D eigenvalue weighted by atomic mass is 10.2. The molecule has 0 unspecified atom stereocenters. The monoisotopic (exact) mass is 488 g/mol. The van der Waals surface area contributed by atoms with Crippen LogP contribution in [0.4, 0.5) is 17.3 Å². The summed E-state index contributed by atoms with van der Waals surface area (Å²) in [6, 6.07) is 16.6. The Morgan fingerprint density at radius 3 is 2.06 bits per heavy atom. The molecule has 0 saturated carbocycles. The summed E-state index contributed by atoms with van der Waals surface area (Å²) in [4.78, 5) is 20.4. The van der Waals surface area contributed by atoms with Gasteiger partial charge in [-0.15, -0.1) is 0 Å². The Kier molecular flexibility index (Phi) is 5.88. The lowest BCUT2D eigenvalue weighted by Crippen LogP contribution is -2.16. The quantitative estimate of drug-likeness (QED) is 0.341. The van der Waals surface area contributed by atoms with Crippen LogP contribution in [0, 0.1) is 0 Å². The minimum atomic E-state index is -4.04. The van der Waals surface area contributed by atoms with Crippen LogP contribution in [0.2, 0.25) is 10.0 Å². The van der Waals surface area contributed by atoms with Gasteiger partial charge in [0.05, 0.1) is 27.2 Å². The number of rotatable bonds is 6. The Hall–Kier alpha value is -3.40. The Bertz CT molecular complexity index is 1440. The normalized spacial score (nSPS) is 11.3. The third kappa shape index (κ3) is 4.59.